The number of nitrogens with two attached hydrogens (primary N) is 1. The summed E-state index contributed by atoms with van der Waals surface area (Å²) in [5.41, 5.74) is 5.85. The van der Waals surface area contributed by atoms with Crippen LogP contribution in [0, 0.1) is 0 Å². The molecule has 3 amide bonds. The predicted molar refractivity (Wildman–Crippen MR) is 165 cm³/mol. The third-order valence-corrected chi connectivity index (χ3v) is 13.0. The fraction of sp³-hybridized carbons (Fsp3) is 0.290. The fourth-order valence-electron chi connectivity index (χ4n) is 5.11. The predicted octanol–water partition coefficient (Wildman–Crippen LogP) is 2.15. The highest BCUT2D eigenvalue weighted by atomic mass is 32.2. The molecule has 1 saturated heterocycles. The zero-order valence-corrected chi connectivity index (χ0v) is 24.4. The average Bonchev–Trinajstić information content (AvgIpc) is 3.27. The van der Waals surface area contributed by atoms with Gasteiger partial charge >= 0.3 is 5.97 Å². The number of rotatable bonds is 14. The number of carbonyl (C=O) groups is 4. The average molecular weight is 593 g/mol. The third kappa shape index (κ3) is 7.41. The lowest BCUT2D eigenvalue weighted by Crippen LogP contribution is -2.44. The first-order valence-electron chi connectivity index (χ1n) is 13.6. The number of nitrogens with zero attached hydrogens (tertiary/aromatic N) is 1. The number of carbonyl (C=O) groups excluding carboxylic acids is 3. The SMILES string of the molecule is N[C@@H](CSC1CC(=O)N(CCCC[P+](c2ccccc2)(c2ccccc2)c2ccccc2)C1=O)C(=O)NCC(=O)O. The Morgan fingerprint density at radius 3 is 1.90 bits per heavy atom. The molecule has 4 rings (SSSR count). The Morgan fingerprint density at radius 1 is 0.902 bits per heavy atom. The quantitative estimate of drug-likeness (QED) is 0.149. The molecule has 3 aromatic carbocycles. The van der Waals surface area contributed by atoms with E-state index in [0.717, 1.165) is 12.6 Å². The van der Waals surface area contributed by atoms with Gasteiger partial charge in [0.15, 0.2) is 0 Å². The van der Waals surface area contributed by atoms with Crippen molar-refractivity contribution in [1.29, 1.82) is 0 Å². The number of nitrogens with one attached hydrogen (secondary N) is 1. The Balaban J connectivity index is 1.41. The summed E-state index contributed by atoms with van der Waals surface area (Å²) in [6, 6.07) is 30.8. The Kier molecular flexibility index (Phi) is 10.7. The van der Waals surface area contributed by atoms with Crippen molar-refractivity contribution in [3.05, 3.63) is 91.0 Å². The maximum absolute atomic E-state index is 13.0. The minimum absolute atomic E-state index is 0.0714. The molecule has 1 aliphatic heterocycles. The molecule has 0 aliphatic carbocycles. The number of hydrogen-bond donors (Lipinski definition) is 3. The first-order valence-corrected chi connectivity index (χ1v) is 16.6. The molecule has 1 aliphatic rings. The number of unbranched alkanes of at least 4 members (excludes halogenated alkanes) is 1. The van der Waals surface area contributed by atoms with Gasteiger partial charge in [-0.25, -0.2) is 0 Å². The lowest BCUT2D eigenvalue weighted by molar-refractivity contribution is -0.139. The van der Waals surface area contributed by atoms with E-state index in [-0.39, 0.29) is 24.0 Å². The van der Waals surface area contributed by atoms with E-state index in [1.165, 1.54) is 32.6 Å². The van der Waals surface area contributed by atoms with Crippen molar-refractivity contribution in [2.24, 2.45) is 5.73 Å². The number of amides is 3. The molecule has 1 fully saturated rings. The molecule has 0 spiro atoms. The standard InChI is InChI=1S/C31H34N3O5PS/c32-26(30(38)33-21-29(36)37)22-41-27-20-28(35)34(31(27)39)18-10-11-19-40(23-12-4-1-5-13-23,24-14-6-2-7-15-24)25-16-8-3-9-17-25/h1-9,12-17,26-27H,10-11,18-22,32H2,(H-,33,36,37,38)/p+1/t26-,27?/m0/s1. The van der Waals surface area contributed by atoms with Gasteiger partial charge < -0.3 is 16.2 Å². The molecule has 214 valence electrons. The van der Waals surface area contributed by atoms with Crippen molar-refractivity contribution < 1.29 is 24.3 Å². The zero-order valence-electron chi connectivity index (χ0n) is 22.7. The number of thioether (sulfide) groups is 1. The van der Waals surface area contributed by atoms with Gasteiger partial charge in [-0.1, -0.05) is 54.6 Å². The van der Waals surface area contributed by atoms with E-state index in [0.29, 0.717) is 13.0 Å². The van der Waals surface area contributed by atoms with Crippen LogP contribution in [0.5, 0.6) is 0 Å². The Hall–Kier alpha value is -3.52. The van der Waals surface area contributed by atoms with Crippen LogP contribution >= 0.6 is 19.0 Å². The molecule has 10 heteroatoms. The summed E-state index contributed by atoms with van der Waals surface area (Å²) < 4.78 is 0. The van der Waals surface area contributed by atoms with Crippen LogP contribution < -0.4 is 27.0 Å². The highest BCUT2D eigenvalue weighted by Crippen LogP contribution is 2.55. The largest absolute Gasteiger partial charge is 0.480 e. The van der Waals surface area contributed by atoms with E-state index < -0.39 is 37.0 Å². The number of hydrogen-bond acceptors (Lipinski definition) is 6. The molecular formula is C31H35N3O5PS+. The maximum atomic E-state index is 13.0. The smallest absolute Gasteiger partial charge is 0.322 e. The number of likely N-dealkylation sites (tertiary alicyclic amines) is 1. The molecule has 0 bridgehead atoms. The second kappa shape index (κ2) is 14.4. The molecule has 41 heavy (non-hydrogen) atoms. The van der Waals surface area contributed by atoms with Gasteiger partial charge in [0.05, 0.1) is 17.5 Å². The lowest BCUT2D eigenvalue weighted by Gasteiger charge is -2.28. The van der Waals surface area contributed by atoms with Crippen LogP contribution in [-0.4, -0.2) is 70.0 Å². The Labute approximate surface area is 245 Å². The van der Waals surface area contributed by atoms with Gasteiger partial charge in [0.2, 0.25) is 17.7 Å². The molecule has 1 heterocycles. The number of carboxylic acids is 1. The Morgan fingerprint density at radius 2 is 1.41 bits per heavy atom. The zero-order chi connectivity index (χ0) is 29.2. The van der Waals surface area contributed by atoms with Crippen LogP contribution in [0.3, 0.4) is 0 Å². The third-order valence-electron chi connectivity index (χ3n) is 7.15. The van der Waals surface area contributed by atoms with E-state index in [2.05, 4.69) is 78.1 Å². The number of benzene rings is 3. The first-order chi connectivity index (χ1) is 19.8. The topological polar surface area (TPSA) is 130 Å². The van der Waals surface area contributed by atoms with Crippen molar-refractivity contribution in [3.63, 3.8) is 0 Å². The van der Waals surface area contributed by atoms with Crippen LogP contribution in [0.2, 0.25) is 0 Å². The molecule has 2 atom stereocenters. The number of aliphatic carboxylic acids is 1. The normalized spacial score (nSPS) is 16.0. The van der Waals surface area contributed by atoms with E-state index in [4.69, 9.17) is 10.8 Å². The summed E-state index contributed by atoms with van der Waals surface area (Å²) in [5, 5.41) is 14.2. The number of carboxylic acid groups (broad SMARTS) is 1. The van der Waals surface area contributed by atoms with Gasteiger partial charge in [-0.2, -0.15) is 0 Å². The fourth-order valence-corrected chi connectivity index (χ4v) is 10.6. The molecule has 0 aromatic heterocycles. The van der Waals surface area contributed by atoms with Crippen LogP contribution in [0.1, 0.15) is 19.3 Å². The Bertz CT molecular complexity index is 1250. The summed E-state index contributed by atoms with van der Waals surface area (Å²) in [4.78, 5) is 49.7. The molecular weight excluding hydrogens is 557 g/mol. The molecule has 0 saturated carbocycles. The molecule has 4 N–H and O–H groups in total. The highest BCUT2D eigenvalue weighted by molar-refractivity contribution is 8.00. The molecule has 3 aromatic rings. The van der Waals surface area contributed by atoms with Crippen LogP contribution in [-0.2, 0) is 19.2 Å². The van der Waals surface area contributed by atoms with Gasteiger partial charge in [0.1, 0.15) is 29.7 Å². The van der Waals surface area contributed by atoms with Gasteiger partial charge in [-0.3, -0.25) is 24.1 Å². The second-order valence-electron chi connectivity index (χ2n) is 9.87. The van der Waals surface area contributed by atoms with Gasteiger partial charge in [0.25, 0.3) is 0 Å². The molecule has 1 unspecified atom stereocenters. The van der Waals surface area contributed by atoms with Gasteiger partial charge in [-0.15, -0.1) is 11.8 Å². The second-order valence-corrected chi connectivity index (χ2v) is 14.7. The van der Waals surface area contributed by atoms with Crippen molar-refractivity contribution in [1.82, 2.24) is 10.2 Å². The highest BCUT2D eigenvalue weighted by Gasteiger charge is 2.45. The maximum Gasteiger partial charge on any atom is 0.322 e. The van der Waals surface area contributed by atoms with Crippen molar-refractivity contribution in [2.75, 3.05) is 25.0 Å². The van der Waals surface area contributed by atoms with Gasteiger partial charge in [-0.05, 0) is 49.2 Å². The lowest BCUT2D eigenvalue weighted by atomic mass is 10.3. The van der Waals surface area contributed by atoms with Crippen molar-refractivity contribution in [3.8, 4) is 0 Å². The summed E-state index contributed by atoms with van der Waals surface area (Å²) in [5.74, 6) is -2.13. The molecule has 0 radical (unpaired) electrons. The van der Waals surface area contributed by atoms with E-state index >= 15 is 0 Å². The van der Waals surface area contributed by atoms with Crippen molar-refractivity contribution >= 4 is 58.6 Å². The van der Waals surface area contributed by atoms with E-state index in [1.807, 2.05) is 18.2 Å². The van der Waals surface area contributed by atoms with Crippen LogP contribution in [0.15, 0.2) is 91.0 Å². The summed E-state index contributed by atoms with van der Waals surface area (Å²) in [7, 11) is -1.98. The number of imide groups is 1. The monoisotopic (exact) mass is 592 g/mol. The van der Waals surface area contributed by atoms with E-state index in [9.17, 15) is 19.2 Å². The summed E-state index contributed by atoms with van der Waals surface area (Å²) in [6.45, 7) is -0.174. The van der Waals surface area contributed by atoms with Gasteiger partial charge in [0, 0.05) is 18.7 Å². The summed E-state index contributed by atoms with van der Waals surface area (Å²) >= 11 is 1.17. The molecule has 8 nitrogen and oxygen atoms in total. The minimum Gasteiger partial charge on any atom is -0.480 e. The summed E-state index contributed by atoms with van der Waals surface area (Å²) in [6.07, 6.45) is 2.48. The first kappa shape index (κ1) is 30.4. The van der Waals surface area contributed by atoms with Crippen LogP contribution in [0.25, 0.3) is 0 Å². The van der Waals surface area contributed by atoms with Crippen molar-refractivity contribution in [2.45, 2.75) is 30.6 Å². The van der Waals surface area contributed by atoms with E-state index in [1.54, 1.807) is 0 Å². The minimum atomic E-state index is -1.98. The van der Waals surface area contributed by atoms with Crippen LogP contribution in [0.4, 0.5) is 0 Å².